The van der Waals surface area contributed by atoms with Crippen LogP contribution in [0.15, 0.2) is 0 Å². The third-order valence-corrected chi connectivity index (χ3v) is 3.73. The van der Waals surface area contributed by atoms with E-state index in [0.29, 0.717) is 32.3 Å². The van der Waals surface area contributed by atoms with Gasteiger partial charge in [0.2, 0.25) is 5.82 Å². The minimum Gasteiger partial charge on any atom is -0.472 e. The first-order chi connectivity index (χ1) is 9.64. The predicted octanol–water partition coefficient (Wildman–Crippen LogP) is 0.905. The molecule has 1 aromatic rings. The van der Waals surface area contributed by atoms with Crippen molar-refractivity contribution >= 4 is 17.5 Å². The zero-order valence-electron chi connectivity index (χ0n) is 11.7. The summed E-state index contributed by atoms with van der Waals surface area (Å²) in [6, 6.07) is 0. The topological polar surface area (TPSA) is 65.9 Å². The van der Waals surface area contributed by atoms with Crippen LogP contribution in [-0.2, 0) is 14.2 Å². The Morgan fingerprint density at radius 3 is 2.85 bits per heavy atom. The van der Waals surface area contributed by atoms with E-state index in [9.17, 15) is 0 Å². The number of rotatable bonds is 4. The first-order valence-corrected chi connectivity index (χ1v) is 7.47. The molecule has 0 saturated carbocycles. The van der Waals surface area contributed by atoms with E-state index in [-0.39, 0.29) is 6.10 Å². The number of ether oxygens (including phenoxy) is 4. The SMILES string of the molecule is CC1(C)OCC(COc2nsnc2N2CCOCC2)O1. The van der Waals surface area contributed by atoms with Crippen LogP contribution in [0.4, 0.5) is 5.82 Å². The Hall–Kier alpha value is -0.960. The molecule has 2 aliphatic rings. The summed E-state index contributed by atoms with van der Waals surface area (Å²) in [5, 5.41) is 0. The highest BCUT2D eigenvalue weighted by Crippen LogP contribution is 2.28. The van der Waals surface area contributed by atoms with Gasteiger partial charge in [-0.15, -0.1) is 4.37 Å². The van der Waals surface area contributed by atoms with Crippen molar-refractivity contribution in [2.45, 2.75) is 25.7 Å². The number of aromatic nitrogens is 2. The highest BCUT2D eigenvalue weighted by Gasteiger charge is 2.33. The summed E-state index contributed by atoms with van der Waals surface area (Å²) in [4.78, 5) is 2.14. The Morgan fingerprint density at radius 1 is 1.35 bits per heavy atom. The van der Waals surface area contributed by atoms with Crippen molar-refractivity contribution in [2.75, 3.05) is 44.4 Å². The van der Waals surface area contributed by atoms with Crippen LogP contribution in [0, 0.1) is 0 Å². The fourth-order valence-corrected chi connectivity index (χ4v) is 2.77. The van der Waals surface area contributed by atoms with Gasteiger partial charge < -0.3 is 23.8 Å². The molecule has 2 aliphatic heterocycles. The average Bonchev–Trinajstić information content (AvgIpc) is 3.03. The van der Waals surface area contributed by atoms with Crippen LogP contribution < -0.4 is 9.64 Å². The molecule has 0 aromatic carbocycles. The average molecular weight is 301 g/mol. The Balaban J connectivity index is 1.57. The van der Waals surface area contributed by atoms with E-state index in [1.165, 1.54) is 0 Å². The second kappa shape index (κ2) is 5.80. The minimum absolute atomic E-state index is 0.0655. The number of hydrogen-bond donors (Lipinski definition) is 0. The molecule has 2 saturated heterocycles. The van der Waals surface area contributed by atoms with E-state index in [1.54, 1.807) is 0 Å². The van der Waals surface area contributed by atoms with Gasteiger partial charge in [0.25, 0.3) is 5.88 Å². The summed E-state index contributed by atoms with van der Waals surface area (Å²) < 4.78 is 30.8. The van der Waals surface area contributed by atoms with E-state index in [2.05, 4.69) is 13.6 Å². The predicted molar refractivity (Wildman–Crippen MR) is 73.3 cm³/mol. The molecule has 0 amide bonds. The molecule has 1 unspecified atom stereocenters. The fourth-order valence-electron chi connectivity index (χ4n) is 2.25. The van der Waals surface area contributed by atoms with E-state index >= 15 is 0 Å². The Bertz CT molecular complexity index is 448. The Labute approximate surface area is 122 Å². The van der Waals surface area contributed by atoms with Gasteiger partial charge in [0.05, 0.1) is 31.5 Å². The summed E-state index contributed by atoms with van der Waals surface area (Å²) in [7, 11) is 0. The molecular weight excluding hydrogens is 282 g/mol. The minimum atomic E-state index is -0.526. The summed E-state index contributed by atoms with van der Waals surface area (Å²) in [5.41, 5.74) is 0. The van der Waals surface area contributed by atoms with Gasteiger partial charge in [-0.1, -0.05) is 0 Å². The normalized spacial score (nSPS) is 25.9. The van der Waals surface area contributed by atoms with Gasteiger partial charge in [0, 0.05) is 13.1 Å². The standard InChI is InChI=1S/C12H19N3O4S/c1-12(2)18-8-9(19-12)7-17-11-10(13-20-14-11)15-3-5-16-6-4-15/h9H,3-8H2,1-2H3. The monoisotopic (exact) mass is 301 g/mol. The fraction of sp³-hybridized carbons (Fsp3) is 0.833. The summed E-state index contributed by atoms with van der Waals surface area (Å²) >= 11 is 1.16. The van der Waals surface area contributed by atoms with E-state index in [1.807, 2.05) is 13.8 Å². The Morgan fingerprint density at radius 2 is 2.15 bits per heavy atom. The molecule has 0 spiro atoms. The van der Waals surface area contributed by atoms with Gasteiger partial charge in [-0.2, -0.15) is 4.37 Å². The lowest BCUT2D eigenvalue weighted by Crippen LogP contribution is -2.36. The van der Waals surface area contributed by atoms with Crippen LogP contribution in [0.1, 0.15) is 13.8 Å². The number of hydrogen-bond acceptors (Lipinski definition) is 8. The molecule has 3 heterocycles. The van der Waals surface area contributed by atoms with Gasteiger partial charge in [-0.05, 0) is 13.8 Å². The third-order valence-electron chi connectivity index (χ3n) is 3.23. The molecule has 1 aromatic heterocycles. The van der Waals surface area contributed by atoms with Crippen LogP contribution in [0.5, 0.6) is 5.88 Å². The highest BCUT2D eigenvalue weighted by molar-refractivity contribution is 6.99. The zero-order valence-corrected chi connectivity index (χ0v) is 12.5. The smallest absolute Gasteiger partial charge is 0.270 e. The molecule has 112 valence electrons. The van der Waals surface area contributed by atoms with Gasteiger partial charge in [-0.25, -0.2) is 0 Å². The van der Waals surface area contributed by atoms with E-state index in [0.717, 1.165) is 30.6 Å². The molecule has 0 aliphatic carbocycles. The zero-order chi connectivity index (χ0) is 14.0. The molecule has 0 bridgehead atoms. The van der Waals surface area contributed by atoms with Crippen molar-refractivity contribution in [3.8, 4) is 5.88 Å². The quantitative estimate of drug-likeness (QED) is 0.818. The number of morpholine rings is 1. The van der Waals surface area contributed by atoms with Gasteiger partial charge in [0.15, 0.2) is 5.79 Å². The lowest BCUT2D eigenvalue weighted by atomic mass is 10.4. The molecule has 3 rings (SSSR count). The molecule has 0 N–H and O–H groups in total. The van der Waals surface area contributed by atoms with Crippen LogP contribution in [0.3, 0.4) is 0 Å². The second-order valence-corrected chi connectivity index (χ2v) is 5.78. The van der Waals surface area contributed by atoms with Gasteiger partial charge in [-0.3, -0.25) is 0 Å². The van der Waals surface area contributed by atoms with Gasteiger partial charge >= 0.3 is 0 Å². The first-order valence-electron chi connectivity index (χ1n) is 6.74. The lowest BCUT2D eigenvalue weighted by Gasteiger charge is -2.26. The van der Waals surface area contributed by atoms with Crippen molar-refractivity contribution in [1.82, 2.24) is 8.75 Å². The highest BCUT2D eigenvalue weighted by atomic mass is 32.1. The van der Waals surface area contributed by atoms with Crippen LogP contribution >= 0.6 is 11.7 Å². The van der Waals surface area contributed by atoms with Crippen molar-refractivity contribution in [2.24, 2.45) is 0 Å². The molecule has 1 atom stereocenters. The first kappa shape index (κ1) is 14.0. The lowest BCUT2D eigenvalue weighted by molar-refractivity contribution is -0.141. The van der Waals surface area contributed by atoms with Crippen molar-refractivity contribution in [3.05, 3.63) is 0 Å². The van der Waals surface area contributed by atoms with Crippen molar-refractivity contribution in [3.63, 3.8) is 0 Å². The summed E-state index contributed by atoms with van der Waals surface area (Å²) in [6.07, 6.45) is -0.0655. The molecule has 7 nitrogen and oxygen atoms in total. The molecule has 0 radical (unpaired) electrons. The number of nitrogens with zero attached hydrogens (tertiary/aromatic N) is 3. The largest absolute Gasteiger partial charge is 0.472 e. The maximum absolute atomic E-state index is 5.76. The van der Waals surface area contributed by atoms with Crippen molar-refractivity contribution in [1.29, 1.82) is 0 Å². The van der Waals surface area contributed by atoms with Crippen molar-refractivity contribution < 1.29 is 18.9 Å². The van der Waals surface area contributed by atoms with Crippen LogP contribution in [-0.4, -0.2) is 60.2 Å². The molecular formula is C12H19N3O4S. The molecule has 8 heteroatoms. The molecule has 2 fully saturated rings. The third kappa shape index (κ3) is 3.20. The maximum atomic E-state index is 5.76. The Kier molecular flexibility index (Phi) is 4.06. The van der Waals surface area contributed by atoms with Crippen LogP contribution in [0.2, 0.25) is 0 Å². The van der Waals surface area contributed by atoms with Crippen LogP contribution in [0.25, 0.3) is 0 Å². The van der Waals surface area contributed by atoms with E-state index < -0.39 is 5.79 Å². The summed E-state index contributed by atoms with van der Waals surface area (Å²) in [6.45, 7) is 7.82. The van der Waals surface area contributed by atoms with Gasteiger partial charge in [0.1, 0.15) is 12.7 Å². The maximum Gasteiger partial charge on any atom is 0.270 e. The second-order valence-electron chi connectivity index (χ2n) is 5.25. The number of anilines is 1. The molecule has 20 heavy (non-hydrogen) atoms. The van der Waals surface area contributed by atoms with E-state index in [4.69, 9.17) is 18.9 Å². The summed E-state index contributed by atoms with van der Waals surface area (Å²) in [5.74, 6) is 0.850.